The third-order valence-electron chi connectivity index (χ3n) is 6.75. The monoisotopic (exact) mass is 700 g/mol. The highest BCUT2D eigenvalue weighted by molar-refractivity contribution is 6.93. The van der Waals surface area contributed by atoms with E-state index in [0.29, 0.717) is 67.8 Å². The summed E-state index contributed by atoms with van der Waals surface area (Å²) in [5, 5.41) is 0. The van der Waals surface area contributed by atoms with Crippen LogP contribution in [0.2, 0.25) is 50.4 Å². The molecule has 0 aliphatic carbocycles. The summed E-state index contributed by atoms with van der Waals surface area (Å²) in [5.74, 6) is -0.933. The second-order valence-corrected chi connectivity index (χ2v) is 25.9. The van der Waals surface area contributed by atoms with Crippen LogP contribution in [0.25, 0.3) is 0 Å². The predicted molar refractivity (Wildman–Crippen MR) is 182 cm³/mol. The minimum Gasteiger partial charge on any atom is -0.494 e. The summed E-state index contributed by atoms with van der Waals surface area (Å²) in [5.41, 5.74) is 0.334. The summed E-state index contributed by atoms with van der Waals surface area (Å²) in [6, 6.07) is 2.22. The summed E-state index contributed by atoms with van der Waals surface area (Å²) in [7, 11) is -11.9. The molecule has 45 heavy (non-hydrogen) atoms. The Labute approximate surface area is 273 Å². The molecular weight excluding hydrogens is 649 g/mol. The Balaban J connectivity index is 3.30. The number of carbonyl (C=O) groups is 3. The van der Waals surface area contributed by atoms with Crippen molar-refractivity contribution in [3.05, 3.63) is 62.5 Å². The molecule has 15 heteroatoms. The Bertz CT molecular complexity index is 1040. The Hall–Kier alpha value is -2.38. The fourth-order valence-corrected chi connectivity index (χ4v) is 28.1. The Morgan fingerprint density at radius 1 is 0.556 bits per heavy atom. The van der Waals surface area contributed by atoms with Gasteiger partial charge in [0.2, 0.25) is 0 Å². The molecule has 0 N–H and O–H groups in total. The first-order valence-corrected chi connectivity index (χ1v) is 25.3. The van der Waals surface area contributed by atoms with Gasteiger partial charge >= 0.3 is 52.2 Å². The van der Waals surface area contributed by atoms with Gasteiger partial charge in [0, 0.05) is 17.7 Å². The van der Waals surface area contributed by atoms with Gasteiger partial charge in [0.05, 0.1) is 26.4 Å². The molecule has 4 atom stereocenters. The SMILES string of the molecule is C=CC(=C)OCCC[Si]1(C)O[Si](C)(CCCOC(=O)C=C)O[Si](C)(CCCOC(=O)C=C)O[Si](C)(CCCOC(=O)C(=C)C)O1. The van der Waals surface area contributed by atoms with E-state index in [2.05, 4.69) is 32.9 Å². The van der Waals surface area contributed by atoms with Crippen molar-refractivity contribution >= 4 is 52.2 Å². The molecule has 1 rings (SSSR count). The van der Waals surface area contributed by atoms with Crippen molar-refractivity contribution in [3.8, 4) is 0 Å². The highest BCUT2D eigenvalue weighted by Gasteiger charge is 2.56. The quantitative estimate of drug-likeness (QED) is 0.0258. The van der Waals surface area contributed by atoms with Gasteiger partial charge < -0.3 is 35.4 Å². The average Bonchev–Trinajstić information content (AvgIpc) is 2.96. The lowest BCUT2D eigenvalue weighted by Gasteiger charge is -2.50. The van der Waals surface area contributed by atoms with E-state index in [9.17, 15) is 14.4 Å². The van der Waals surface area contributed by atoms with Crippen LogP contribution < -0.4 is 0 Å². The average molecular weight is 701 g/mol. The third-order valence-corrected chi connectivity index (χ3v) is 25.6. The molecule has 11 nitrogen and oxygen atoms in total. The van der Waals surface area contributed by atoms with Gasteiger partial charge in [-0.1, -0.05) is 32.9 Å². The summed E-state index contributed by atoms with van der Waals surface area (Å²) in [6.07, 6.45) is 6.04. The van der Waals surface area contributed by atoms with Crippen LogP contribution in [0.1, 0.15) is 32.6 Å². The molecule has 0 spiro atoms. The van der Waals surface area contributed by atoms with Crippen LogP contribution in [0.5, 0.6) is 0 Å². The Morgan fingerprint density at radius 2 is 0.867 bits per heavy atom. The number of rotatable bonds is 21. The maximum Gasteiger partial charge on any atom is 0.333 e. The maximum atomic E-state index is 12.0. The summed E-state index contributed by atoms with van der Waals surface area (Å²) >= 11 is 0. The molecule has 254 valence electrons. The van der Waals surface area contributed by atoms with Gasteiger partial charge in [0.1, 0.15) is 5.76 Å². The topological polar surface area (TPSA) is 125 Å². The molecule has 0 aromatic rings. The zero-order chi connectivity index (χ0) is 34.2. The van der Waals surface area contributed by atoms with Gasteiger partial charge in [-0.05, 0) is 89.0 Å². The highest BCUT2D eigenvalue weighted by Crippen LogP contribution is 2.38. The molecule has 1 saturated heterocycles. The lowest BCUT2D eigenvalue weighted by atomic mass is 10.4. The predicted octanol–water partition coefficient (Wildman–Crippen LogP) is 6.21. The molecule has 1 aliphatic heterocycles. The summed E-state index contributed by atoms with van der Waals surface area (Å²) in [6.45, 7) is 28.6. The molecule has 0 radical (unpaired) electrons. The fraction of sp³-hybridized carbons (Fsp3) is 0.567. The summed E-state index contributed by atoms with van der Waals surface area (Å²) in [4.78, 5) is 35.2. The smallest absolute Gasteiger partial charge is 0.333 e. The standard InChI is InChI=1S/C30H52O11Si4/c1-11-27(6)34-18-14-22-42(7)38-43(8,23-15-19-35-28(31)12-2)40-44(9,24-16-20-36-29(32)13-3)41-45(10,39-42)25-17-21-37-30(33)26(4)5/h11-13H,1-4,6,14-25H2,5,7-10H3. The molecule has 0 saturated carbocycles. The van der Waals surface area contributed by atoms with Crippen molar-refractivity contribution in [1.29, 1.82) is 0 Å². The summed E-state index contributed by atoms with van der Waals surface area (Å²) < 4.78 is 49.5. The number of hydrogen-bond donors (Lipinski definition) is 0. The van der Waals surface area contributed by atoms with Crippen LogP contribution >= 0.6 is 0 Å². The van der Waals surface area contributed by atoms with Crippen LogP contribution in [-0.4, -0.2) is 78.6 Å². The first-order valence-electron chi connectivity index (χ1n) is 15.2. The van der Waals surface area contributed by atoms with E-state index >= 15 is 0 Å². The molecule has 1 aliphatic rings. The number of carbonyl (C=O) groups excluding carboxylic acids is 3. The van der Waals surface area contributed by atoms with Crippen LogP contribution in [-0.2, 0) is 49.8 Å². The molecular formula is C30H52O11Si4. The minimum atomic E-state index is -3.00. The van der Waals surface area contributed by atoms with Gasteiger partial charge in [-0.3, -0.25) is 0 Å². The molecule has 1 fully saturated rings. The zero-order valence-electron chi connectivity index (χ0n) is 27.7. The van der Waals surface area contributed by atoms with Crippen LogP contribution in [0.15, 0.2) is 62.5 Å². The van der Waals surface area contributed by atoms with Crippen molar-refractivity contribution in [2.24, 2.45) is 0 Å². The van der Waals surface area contributed by atoms with Gasteiger partial charge in [-0.2, -0.15) is 0 Å². The Morgan fingerprint density at radius 3 is 1.16 bits per heavy atom. The number of ether oxygens (including phenoxy) is 4. The van der Waals surface area contributed by atoms with E-state index in [0.717, 1.165) is 12.2 Å². The van der Waals surface area contributed by atoms with E-state index < -0.39 is 52.2 Å². The van der Waals surface area contributed by atoms with Crippen molar-refractivity contribution in [1.82, 2.24) is 0 Å². The van der Waals surface area contributed by atoms with Gasteiger partial charge in [-0.15, -0.1) is 0 Å². The lowest BCUT2D eigenvalue weighted by molar-refractivity contribution is -0.139. The van der Waals surface area contributed by atoms with Gasteiger partial charge in [0.25, 0.3) is 0 Å². The van der Waals surface area contributed by atoms with Crippen LogP contribution in [0, 0.1) is 0 Å². The third kappa shape index (κ3) is 16.1. The Kier molecular flexibility index (Phi) is 17.4. The first kappa shape index (κ1) is 40.6. The second-order valence-electron chi connectivity index (χ2n) is 11.5. The molecule has 1 heterocycles. The molecule has 0 aromatic heterocycles. The van der Waals surface area contributed by atoms with E-state index in [1.807, 2.05) is 26.2 Å². The lowest BCUT2D eigenvalue weighted by Crippen LogP contribution is -2.67. The van der Waals surface area contributed by atoms with E-state index in [1.54, 1.807) is 13.0 Å². The van der Waals surface area contributed by atoms with Crippen molar-refractivity contribution in [2.75, 3.05) is 26.4 Å². The van der Waals surface area contributed by atoms with Crippen molar-refractivity contribution < 1.29 is 49.8 Å². The first-order chi connectivity index (χ1) is 21.0. The van der Waals surface area contributed by atoms with E-state index in [4.69, 9.17) is 35.4 Å². The van der Waals surface area contributed by atoms with Crippen molar-refractivity contribution in [2.45, 2.75) is 83.0 Å². The number of esters is 3. The second kappa shape index (κ2) is 19.3. The van der Waals surface area contributed by atoms with Crippen LogP contribution in [0.3, 0.4) is 0 Å². The van der Waals surface area contributed by atoms with Crippen LogP contribution in [0.4, 0.5) is 0 Å². The number of allylic oxidation sites excluding steroid dienone is 1. The van der Waals surface area contributed by atoms with Crippen molar-refractivity contribution in [3.63, 3.8) is 0 Å². The van der Waals surface area contributed by atoms with Gasteiger partial charge in [-0.25, -0.2) is 14.4 Å². The largest absolute Gasteiger partial charge is 0.494 e. The highest BCUT2D eigenvalue weighted by atomic mass is 28.5. The molecule has 0 bridgehead atoms. The maximum absolute atomic E-state index is 12.0. The molecule has 0 aromatic carbocycles. The van der Waals surface area contributed by atoms with E-state index in [1.165, 1.54) is 0 Å². The fourth-order valence-electron chi connectivity index (χ4n) is 4.91. The molecule has 4 unspecified atom stereocenters. The number of hydrogen-bond acceptors (Lipinski definition) is 11. The normalized spacial score (nSPS) is 26.3. The molecule has 0 amide bonds. The minimum absolute atomic E-state index is 0.190. The van der Waals surface area contributed by atoms with Gasteiger partial charge in [0.15, 0.2) is 0 Å². The zero-order valence-corrected chi connectivity index (χ0v) is 31.7. The van der Waals surface area contributed by atoms with E-state index in [-0.39, 0.29) is 19.8 Å².